The van der Waals surface area contributed by atoms with Crippen LogP contribution >= 0.6 is 12.2 Å². The van der Waals surface area contributed by atoms with Gasteiger partial charge in [0.25, 0.3) is 5.91 Å². The fourth-order valence-corrected chi connectivity index (χ4v) is 4.05. The lowest BCUT2D eigenvalue weighted by atomic mass is 9.86. The van der Waals surface area contributed by atoms with E-state index in [4.69, 9.17) is 12.2 Å². The van der Waals surface area contributed by atoms with Crippen molar-refractivity contribution in [1.29, 1.82) is 0 Å². The molecule has 0 heterocycles. The molecule has 1 fully saturated rings. The summed E-state index contributed by atoms with van der Waals surface area (Å²) in [7, 11) is -3.21. The molecular weight excluding hydrogens is 370 g/mol. The zero-order valence-corrected chi connectivity index (χ0v) is 16.8. The van der Waals surface area contributed by atoms with Gasteiger partial charge in [0.1, 0.15) is 0 Å². The fourth-order valence-electron chi connectivity index (χ4n) is 2.90. The molecule has 1 aromatic rings. The summed E-state index contributed by atoms with van der Waals surface area (Å²) in [4.78, 5) is 12.0. The van der Waals surface area contributed by atoms with E-state index in [1.165, 1.54) is 0 Å². The average Bonchev–Trinajstić information content (AvgIpc) is 2.61. The molecular formula is C18H27N3O3S2. The second kappa shape index (κ2) is 9.43. The summed E-state index contributed by atoms with van der Waals surface area (Å²) in [5.74, 6) is 0.191. The van der Waals surface area contributed by atoms with E-state index in [2.05, 4.69) is 15.4 Å². The van der Waals surface area contributed by atoms with Gasteiger partial charge in [-0.2, -0.15) is 0 Å². The molecule has 1 amide bonds. The standard InChI is InChI=1S/C18H27N3O3S2/c1-13(2)26(23,24)21-16-10-8-14(9-11-16)12-19-18(25)20-17(22)15-6-4-3-5-7-15/h3-7,13-14,16,21H,8-12H2,1-2H3,(H2,19,20,22,25). The van der Waals surface area contributed by atoms with Crippen molar-refractivity contribution < 1.29 is 13.2 Å². The molecule has 26 heavy (non-hydrogen) atoms. The van der Waals surface area contributed by atoms with Crippen LogP contribution in [0.1, 0.15) is 49.9 Å². The molecule has 1 aliphatic rings. The highest BCUT2D eigenvalue weighted by Crippen LogP contribution is 2.24. The second-order valence-corrected chi connectivity index (χ2v) is 9.64. The summed E-state index contributed by atoms with van der Waals surface area (Å²) in [6.45, 7) is 4.04. The van der Waals surface area contributed by atoms with Gasteiger partial charge in [-0.1, -0.05) is 18.2 Å². The van der Waals surface area contributed by atoms with Gasteiger partial charge in [0.05, 0.1) is 5.25 Å². The van der Waals surface area contributed by atoms with Crippen LogP contribution in [0.3, 0.4) is 0 Å². The predicted octanol–water partition coefficient (Wildman–Crippen LogP) is 2.18. The number of hydrogen-bond acceptors (Lipinski definition) is 4. The predicted molar refractivity (Wildman–Crippen MR) is 107 cm³/mol. The van der Waals surface area contributed by atoms with Crippen LogP contribution in [0.4, 0.5) is 0 Å². The van der Waals surface area contributed by atoms with Crippen molar-refractivity contribution in [2.45, 2.75) is 50.8 Å². The Balaban J connectivity index is 1.70. The van der Waals surface area contributed by atoms with Crippen molar-refractivity contribution >= 4 is 33.3 Å². The molecule has 6 nitrogen and oxygen atoms in total. The fraction of sp³-hybridized carbons (Fsp3) is 0.556. The molecule has 0 spiro atoms. The molecule has 1 aliphatic carbocycles. The molecule has 0 saturated heterocycles. The van der Waals surface area contributed by atoms with Gasteiger partial charge in [-0.05, 0) is 69.8 Å². The third-order valence-corrected chi connectivity index (χ3v) is 6.76. The monoisotopic (exact) mass is 397 g/mol. The highest BCUT2D eigenvalue weighted by Gasteiger charge is 2.26. The normalized spacial score (nSPS) is 20.6. The number of thiocarbonyl (C=S) groups is 1. The molecule has 1 saturated carbocycles. The molecule has 144 valence electrons. The van der Waals surface area contributed by atoms with Gasteiger partial charge in [-0.15, -0.1) is 0 Å². The first-order valence-electron chi connectivity index (χ1n) is 8.93. The number of carbonyl (C=O) groups excluding carboxylic acids is 1. The second-order valence-electron chi connectivity index (χ2n) is 6.96. The van der Waals surface area contributed by atoms with Gasteiger partial charge < -0.3 is 5.32 Å². The minimum Gasteiger partial charge on any atom is -0.362 e. The third kappa shape index (κ3) is 6.34. The van der Waals surface area contributed by atoms with Crippen LogP contribution in [-0.4, -0.2) is 37.3 Å². The van der Waals surface area contributed by atoms with Crippen LogP contribution in [0.2, 0.25) is 0 Å². The minimum atomic E-state index is -3.21. The maximum absolute atomic E-state index is 12.0. The molecule has 0 unspecified atom stereocenters. The van der Waals surface area contributed by atoms with E-state index in [0.717, 1.165) is 25.7 Å². The summed E-state index contributed by atoms with van der Waals surface area (Å²) in [5.41, 5.74) is 0.564. The molecule has 0 bridgehead atoms. The maximum atomic E-state index is 12.0. The smallest absolute Gasteiger partial charge is 0.257 e. The number of nitrogens with one attached hydrogen (secondary N) is 3. The highest BCUT2D eigenvalue weighted by molar-refractivity contribution is 7.90. The van der Waals surface area contributed by atoms with Gasteiger partial charge in [0.2, 0.25) is 10.0 Å². The van der Waals surface area contributed by atoms with Crippen LogP contribution in [0.25, 0.3) is 0 Å². The molecule has 0 aromatic heterocycles. The third-order valence-electron chi connectivity index (χ3n) is 4.61. The maximum Gasteiger partial charge on any atom is 0.257 e. The topological polar surface area (TPSA) is 87.3 Å². The minimum absolute atomic E-state index is 0.0170. The van der Waals surface area contributed by atoms with E-state index in [1.807, 2.05) is 6.07 Å². The zero-order chi connectivity index (χ0) is 19.2. The number of hydrogen-bond donors (Lipinski definition) is 3. The van der Waals surface area contributed by atoms with Gasteiger partial charge >= 0.3 is 0 Å². The van der Waals surface area contributed by atoms with Crippen molar-refractivity contribution in [3.63, 3.8) is 0 Å². The van der Waals surface area contributed by atoms with Crippen molar-refractivity contribution in [2.24, 2.45) is 5.92 Å². The molecule has 1 aromatic carbocycles. The van der Waals surface area contributed by atoms with E-state index < -0.39 is 15.3 Å². The molecule has 2 rings (SSSR count). The van der Waals surface area contributed by atoms with Gasteiger partial charge in [-0.3, -0.25) is 10.1 Å². The van der Waals surface area contributed by atoms with Crippen molar-refractivity contribution in [2.75, 3.05) is 6.54 Å². The average molecular weight is 398 g/mol. The summed E-state index contributed by atoms with van der Waals surface area (Å²) >= 11 is 5.19. The Morgan fingerprint density at radius 2 is 1.77 bits per heavy atom. The highest BCUT2D eigenvalue weighted by atomic mass is 32.2. The van der Waals surface area contributed by atoms with E-state index in [9.17, 15) is 13.2 Å². The van der Waals surface area contributed by atoms with Crippen molar-refractivity contribution in [3.8, 4) is 0 Å². The largest absolute Gasteiger partial charge is 0.362 e. The van der Waals surface area contributed by atoms with Crippen LogP contribution < -0.4 is 15.4 Å². The number of benzene rings is 1. The molecule has 0 atom stereocenters. The van der Waals surface area contributed by atoms with Crippen LogP contribution in [-0.2, 0) is 10.0 Å². The van der Waals surface area contributed by atoms with Gasteiger partial charge in [0.15, 0.2) is 5.11 Å². The Morgan fingerprint density at radius 1 is 1.15 bits per heavy atom. The van der Waals surface area contributed by atoms with Crippen molar-refractivity contribution in [1.82, 2.24) is 15.4 Å². The Bertz CT molecular complexity index is 712. The first kappa shape index (κ1) is 20.8. The Morgan fingerprint density at radius 3 is 2.35 bits per heavy atom. The lowest BCUT2D eigenvalue weighted by Crippen LogP contribution is -2.44. The number of rotatable bonds is 6. The lowest BCUT2D eigenvalue weighted by Gasteiger charge is -2.29. The SMILES string of the molecule is CC(C)S(=O)(=O)NC1CCC(CNC(=S)NC(=O)c2ccccc2)CC1. The molecule has 8 heteroatoms. The van der Waals surface area contributed by atoms with E-state index >= 15 is 0 Å². The van der Waals surface area contributed by atoms with E-state index in [0.29, 0.717) is 23.1 Å². The summed E-state index contributed by atoms with van der Waals surface area (Å²) in [6.07, 6.45) is 3.49. The Hall–Kier alpha value is -1.51. The quantitative estimate of drug-likeness (QED) is 0.641. The lowest BCUT2D eigenvalue weighted by molar-refractivity contribution is 0.0976. The number of carbonyl (C=O) groups is 1. The number of amides is 1. The zero-order valence-electron chi connectivity index (χ0n) is 15.2. The Labute approximate surface area is 161 Å². The van der Waals surface area contributed by atoms with Gasteiger partial charge in [-0.25, -0.2) is 13.1 Å². The first-order valence-corrected chi connectivity index (χ1v) is 10.9. The van der Waals surface area contributed by atoms with Crippen LogP contribution in [0.15, 0.2) is 30.3 Å². The molecule has 3 N–H and O–H groups in total. The van der Waals surface area contributed by atoms with Crippen molar-refractivity contribution in [3.05, 3.63) is 35.9 Å². The van der Waals surface area contributed by atoms with Crippen LogP contribution in [0.5, 0.6) is 0 Å². The summed E-state index contributed by atoms with van der Waals surface area (Å²) in [5, 5.41) is 5.68. The summed E-state index contributed by atoms with van der Waals surface area (Å²) < 4.78 is 26.7. The van der Waals surface area contributed by atoms with E-state index in [1.54, 1.807) is 38.1 Å². The summed E-state index contributed by atoms with van der Waals surface area (Å²) in [6, 6.07) is 8.94. The molecule has 0 aliphatic heterocycles. The van der Waals surface area contributed by atoms with E-state index in [-0.39, 0.29) is 11.9 Å². The van der Waals surface area contributed by atoms with Gasteiger partial charge in [0, 0.05) is 18.2 Å². The Kier molecular flexibility index (Phi) is 7.55. The molecule has 0 radical (unpaired) electrons. The first-order chi connectivity index (χ1) is 12.3. The van der Waals surface area contributed by atoms with Crippen LogP contribution in [0, 0.1) is 5.92 Å². The number of sulfonamides is 1.